The van der Waals surface area contributed by atoms with Crippen molar-refractivity contribution in [1.82, 2.24) is 15.1 Å². The van der Waals surface area contributed by atoms with Crippen LogP contribution in [0.3, 0.4) is 0 Å². The lowest BCUT2D eigenvalue weighted by molar-refractivity contribution is -0.119. The van der Waals surface area contributed by atoms with Crippen LogP contribution in [0.2, 0.25) is 0 Å². The number of benzene rings is 3. The Morgan fingerprint density at radius 1 is 0.970 bits per heavy atom. The van der Waals surface area contributed by atoms with Crippen molar-refractivity contribution in [2.75, 3.05) is 17.2 Å². The highest BCUT2D eigenvalue weighted by Crippen LogP contribution is 2.28. The summed E-state index contributed by atoms with van der Waals surface area (Å²) in [5.41, 5.74) is 2.85. The van der Waals surface area contributed by atoms with Crippen LogP contribution >= 0.6 is 11.3 Å². The van der Waals surface area contributed by atoms with Crippen molar-refractivity contribution in [3.8, 4) is 10.6 Å². The van der Waals surface area contributed by atoms with Gasteiger partial charge in [-0.2, -0.15) is 0 Å². The first-order chi connectivity index (χ1) is 16.1. The van der Waals surface area contributed by atoms with Crippen molar-refractivity contribution >= 4 is 44.9 Å². The summed E-state index contributed by atoms with van der Waals surface area (Å²) < 4.78 is 0. The van der Waals surface area contributed by atoms with E-state index >= 15 is 0 Å². The summed E-state index contributed by atoms with van der Waals surface area (Å²) in [5.74, 6) is -0.243. The van der Waals surface area contributed by atoms with Gasteiger partial charge in [-0.05, 0) is 31.2 Å². The summed E-state index contributed by atoms with van der Waals surface area (Å²) in [6.07, 6.45) is 1.38. The molecule has 0 radical (unpaired) electrons. The fraction of sp³-hybridized carbons (Fsp3) is 0.200. The Morgan fingerprint density at radius 2 is 1.76 bits per heavy atom. The lowest BCUT2D eigenvalue weighted by atomic mass is 10.1. The number of carbonyl (C=O) groups is 2. The lowest BCUT2D eigenvalue weighted by Gasteiger charge is -2.24. The number of hydrogen-bond donors (Lipinski definition) is 2. The molecule has 0 saturated carbocycles. The van der Waals surface area contributed by atoms with Crippen LogP contribution in [0.1, 0.15) is 18.4 Å². The molecule has 1 unspecified atom stereocenters. The second kappa shape index (κ2) is 8.99. The SMILES string of the molecule is Cc1ccc(-c2nnc(NC(=O)C3CCCN3C(=O)Nc3cccc4ccccc34)s2)cc1. The number of aryl methyl sites for hydroxylation is 1. The molecular formula is C25H23N5O2S. The Hall–Kier alpha value is -3.78. The number of likely N-dealkylation sites (tertiary alicyclic amines) is 1. The Kier molecular flexibility index (Phi) is 5.75. The number of anilines is 2. The lowest BCUT2D eigenvalue weighted by Crippen LogP contribution is -2.45. The number of hydrogen-bond acceptors (Lipinski definition) is 5. The van der Waals surface area contributed by atoms with Crippen molar-refractivity contribution in [1.29, 1.82) is 0 Å². The van der Waals surface area contributed by atoms with Gasteiger partial charge in [0, 0.05) is 17.5 Å². The molecule has 0 aliphatic carbocycles. The minimum atomic E-state index is -0.549. The first-order valence-corrected chi connectivity index (χ1v) is 11.7. The third-order valence-electron chi connectivity index (χ3n) is 5.80. The van der Waals surface area contributed by atoms with Gasteiger partial charge in [0.05, 0.1) is 5.69 Å². The van der Waals surface area contributed by atoms with Crippen LogP contribution in [0.15, 0.2) is 66.7 Å². The standard InChI is InChI=1S/C25H23N5O2S/c1-16-11-13-18(14-12-16)23-28-29-24(33-23)27-22(31)21-10-5-15-30(21)25(32)26-20-9-4-7-17-6-2-3-8-19(17)20/h2-4,6-9,11-14,21H,5,10,15H2,1H3,(H,26,32)(H,27,29,31). The van der Waals surface area contributed by atoms with Crippen molar-refractivity contribution in [2.24, 2.45) is 0 Å². The zero-order valence-electron chi connectivity index (χ0n) is 18.1. The molecule has 7 nitrogen and oxygen atoms in total. The van der Waals surface area contributed by atoms with Crippen molar-refractivity contribution in [3.63, 3.8) is 0 Å². The molecule has 4 aromatic rings. The smallest absolute Gasteiger partial charge is 0.312 e. The predicted octanol–water partition coefficient (Wildman–Crippen LogP) is 5.30. The van der Waals surface area contributed by atoms with E-state index in [1.807, 2.05) is 73.7 Å². The summed E-state index contributed by atoms with van der Waals surface area (Å²) in [6, 6.07) is 20.8. The molecule has 0 spiro atoms. The van der Waals surface area contributed by atoms with Crippen LogP contribution in [-0.4, -0.2) is 39.6 Å². The van der Waals surface area contributed by atoms with Gasteiger partial charge in [0.1, 0.15) is 11.0 Å². The molecule has 2 N–H and O–H groups in total. The molecule has 1 atom stereocenters. The van der Waals surface area contributed by atoms with Crippen LogP contribution in [0.25, 0.3) is 21.3 Å². The maximum absolute atomic E-state index is 13.1. The molecule has 1 aliphatic heterocycles. The number of carbonyl (C=O) groups excluding carboxylic acids is 2. The molecule has 1 saturated heterocycles. The average molecular weight is 458 g/mol. The summed E-state index contributed by atoms with van der Waals surface area (Å²) in [5, 5.41) is 17.3. The third-order valence-corrected chi connectivity index (χ3v) is 6.69. The molecule has 8 heteroatoms. The Morgan fingerprint density at radius 3 is 2.61 bits per heavy atom. The van der Waals surface area contributed by atoms with Crippen LogP contribution in [-0.2, 0) is 4.79 Å². The van der Waals surface area contributed by atoms with Gasteiger partial charge in [-0.3, -0.25) is 10.1 Å². The van der Waals surface area contributed by atoms with E-state index in [9.17, 15) is 9.59 Å². The van der Waals surface area contributed by atoms with Crippen molar-refractivity contribution in [2.45, 2.75) is 25.8 Å². The maximum Gasteiger partial charge on any atom is 0.322 e. The molecule has 166 valence electrons. The van der Waals surface area contributed by atoms with Crippen molar-refractivity contribution in [3.05, 3.63) is 72.3 Å². The Balaban J connectivity index is 1.28. The van der Waals surface area contributed by atoms with Crippen LogP contribution in [0.5, 0.6) is 0 Å². The van der Waals surface area contributed by atoms with E-state index < -0.39 is 6.04 Å². The highest BCUT2D eigenvalue weighted by atomic mass is 32.1. The van der Waals surface area contributed by atoms with Gasteiger partial charge in [0.2, 0.25) is 11.0 Å². The van der Waals surface area contributed by atoms with E-state index in [-0.39, 0.29) is 11.9 Å². The van der Waals surface area contributed by atoms with Gasteiger partial charge in [-0.15, -0.1) is 10.2 Å². The van der Waals surface area contributed by atoms with Crippen LogP contribution in [0, 0.1) is 6.92 Å². The van der Waals surface area contributed by atoms with Gasteiger partial charge in [0.15, 0.2) is 0 Å². The number of rotatable bonds is 4. The van der Waals surface area contributed by atoms with E-state index in [1.165, 1.54) is 16.9 Å². The Labute approximate surface area is 195 Å². The monoisotopic (exact) mass is 457 g/mol. The number of amides is 3. The van der Waals surface area contributed by atoms with E-state index in [0.29, 0.717) is 18.1 Å². The summed E-state index contributed by atoms with van der Waals surface area (Å²) in [7, 11) is 0. The van der Waals surface area contributed by atoms with Gasteiger partial charge in [-0.25, -0.2) is 4.79 Å². The van der Waals surface area contributed by atoms with Gasteiger partial charge in [0.25, 0.3) is 0 Å². The van der Waals surface area contributed by atoms with Gasteiger partial charge < -0.3 is 10.2 Å². The summed E-state index contributed by atoms with van der Waals surface area (Å²) in [6.45, 7) is 2.55. The van der Waals surface area contributed by atoms with E-state index in [4.69, 9.17) is 0 Å². The predicted molar refractivity (Wildman–Crippen MR) is 131 cm³/mol. The van der Waals surface area contributed by atoms with E-state index in [0.717, 1.165) is 33.5 Å². The normalized spacial score (nSPS) is 15.5. The molecule has 5 rings (SSSR count). The minimum absolute atomic E-state index is 0.243. The quantitative estimate of drug-likeness (QED) is 0.435. The van der Waals surface area contributed by atoms with E-state index in [1.54, 1.807) is 4.90 Å². The molecule has 1 fully saturated rings. The molecule has 33 heavy (non-hydrogen) atoms. The first kappa shape index (κ1) is 21.1. The topological polar surface area (TPSA) is 87.2 Å². The van der Waals surface area contributed by atoms with Crippen molar-refractivity contribution < 1.29 is 9.59 Å². The summed E-state index contributed by atoms with van der Waals surface area (Å²) in [4.78, 5) is 27.6. The van der Waals surface area contributed by atoms with Gasteiger partial charge in [-0.1, -0.05) is 77.6 Å². The van der Waals surface area contributed by atoms with Gasteiger partial charge >= 0.3 is 6.03 Å². The molecule has 1 aromatic heterocycles. The second-order valence-electron chi connectivity index (χ2n) is 8.08. The molecule has 3 amide bonds. The summed E-state index contributed by atoms with van der Waals surface area (Å²) >= 11 is 1.32. The second-order valence-corrected chi connectivity index (χ2v) is 9.05. The van der Waals surface area contributed by atoms with E-state index in [2.05, 4.69) is 20.8 Å². The molecule has 0 bridgehead atoms. The Bertz CT molecular complexity index is 1310. The van der Waals surface area contributed by atoms with Crippen LogP contribution < -0.4 is 10.6 Å². The third kappa shape index (κ3) is 4.42. The average Bonchev–Trinajstić information content (AvgIpc) is 3.50. The molecule has 3 aromatic carbocycles. The highest BCUT2D eigenvalue weighted by Gasteiger charge is 2.34. The number of urea groups is 1. The fourth-order valence-corrected chi connectivity index (χ4v) is 4.83. The van der Waals surface area contributed by atoms with Crippen LogP contribution in [0.4, 0.5) is 15.6 Å². The number of aromatic nitrogens is 2. The molecule has 2 heterocycles. The minimum Gasteiger partial charge on any atom is -0.312 e. The highest BCUT2D eigenvalue weighted by molar-refractivity contribution is 7.18. The molecule has 1 aliphatic rings. The number of fused-ring (bicyclic) bond motifs is 1. The first-order valence-electron chi connectivity index (χ1n) is 10.9. The maximum atomic E-state index is 13.1. The zero-order chi connectivity index (χ0) is 22.8. The zero-order valence-corrected chi connectivity index (χ0v) is 18.9. The largest absolute Gasteiger partial charge is 0.322 e. The molecular weight excluding hydrogens is 434 g/mol. The number of nitrogens with zero attached hydrogens (tertiary/aromatic N) is 3. The fourth-order valence-electron chi connectivity index (χ4n) is 4.08. The number of nitrogens with one attached hydrogen (secondary N) is 2.